The summed E-state index contributed by atoms with van der Waals surface area (Å²) in [4.78, 5) is 31.3. The number of fused-ring (bicyclic) bond motifs is 2. The number of nitrogens with one attached hydrogen (secondary N) is 1. The Labute approximate surface area is 180 Å². The molecule has 0 unspecified atom stereocenters. The van der Waals surface area contributed by atoms with Gasteiger partial charge in [0.15, 0.2) is 0 Å². The highest BCUT2D eigenvalue weighted by Gasteiger charge is 2.31. The zero-order chi connectivity index (χ0) is 21.5. The van der Waals surface area contributed by atoms with Crippen molar-refractivity contribution in [1.29, 1.82) is 0 Å². The van der Waals surface area contributed by atoms with Crippen LogP contribution < -0.4 is 21.2 Å². The van der Waals surface area contributed by atoms with Crippen LogP contribution in [0.15, 0.2) is 29.2 Å². The second-order valence-electron chi connectivity index (χ2n) is 8.64. The quantitative estimate of drug-likeness (QED) is 0.495. The van der Waals surface area contributed by atoms with Gasteiger partial charge in [0.25, 0.3) is 17.1 Å². The lowest BCUT2D eigenvalue weighted by Crippen LogP contribution is -2.46. The molecule has 1 aliphatic carbocycles. The summed E-state index contributed by atoms with van der Waals surface area (Å²) in [6, 6.07) is 5.50. The third-order valence-corrected chi connectivity index (χ3v) is 6.57. The number of carbonyl (C=O) groups excluding carboxylic acids is 1. The molecule has 1 atom stereocenters. The number of hydrogen-bond donors (Lipinski definition) is 2. The molecule has 2 fully saturated rings. The molecule has 1 amide bonds. The summed E-state index contributed by atoms with van der Waals surface area (Å²) in [7, 11) is 0. The molecular formula is C23H28N5O3+. The molecule has 0 spiro atoms. The summed E-state index contributed by atoms with van der Waals surface area (Å²) in [6.45, 7) is 3.10. The summed E-state index contributed by atoms with van der Waals surface area (Å²) >= 11 is 0. The number of hydrogen-bond acceptors (Lipinski definition) is 5. The normalized spacial score (nSPS) is 19.5. The van der Waals surface area contributed by atoms with Crippen LogP contribution >= 0.6 is 0 Å². The number of nitrogens with zero attached hydrogens (tertiary/aromatic N) is 3. The third-order valence-electron chi connectivity index (χ3n) is 6.57. The van der Waals surface area contributed by atoms with E-state index in [9.17, 15) is 9.59 Å². The van der Waals surface area contributed by atoms with Crippen LogP contribution in [0.3, 0.4) is 0 Å². The van der Waals surface area contributed by atoms with E-state index in [4.69, 9.17) is 15.5 Å². The van der Waals surface area contributed by atoms with Gasteiger partial charge in [-0.2, -0.15) is 0 Å². The van der Waals surface area contributed by atoms with E-state index in [-0.39, 0.29) is 23.6 Å². The topological polar surface area (TPSA) is 103 Å². The van der Waals surface area contributed by atoms with Crippen LogP contribution in [-0.4, -0.2) is 34.5 Å². The minimum Gasteiger partial charge on any atom is -0.376 e. The zero-order valence-corrected chi connectivity index (χ0v) is 17.8. The Bertz CT molecular complexity index is 1220. The average Bonchev–Trinajstić information content (AvgIpc) is 3.47. The first-order valence-electron chi connectivity index (χ1n) is 11.1. The zero-order valence-electron chi connectivity index (χ0n) is 17.8. The Morgan fingerprint density at radius 2 is 2.13 bits per heavy atom. The number of pyridine rings is 2. The summed E-state index contributed by atoms with van der Waals surface area (Å²) in [5.74, 6) is 0.0875. The number of rotatable bonds is 4. The first kappa shape index (κ1) is 19.9. The van der Waals surface area contributed by atoms with Crippen LogP contribution in [0, 0.1) is 6.92 Å². The number of nitrogen functional groups attached to an aromatic ring is 1. The van der Waals surface area contributed by atoms with Crippen LogP contribution in [0.2, 0.25) is 0 Å². The molecule has 8 heteroatoms. The highest BCUT2D eigenvalue weighted by molar-refractivity contribution is 6.00. The van der Waals surface area contributed by atoms with Gasteiger partial charge in [-0.15, -0.1) is 0 Å². The predicted octanol–water partition coefficient (Wildman–Crippen LogP) is 2.05. The first-order chi connectivity index (χ1) is 15.0. The Balaban J connectivity index is 1.68. The van der Waals surface area contributed by atoms with E-state index in [2.05, 4.69) is 5.32 Å². The maximum Gasteiger partial charge on any atom is 0.278 e. The first-order valence-corrected chi connectivity index (χ1v) is 11.1. The monoisotopic (exact) mass is 422 g/mol. The van der Waals surface area contributed by atoms with Gasteiger partial charge in [0.2, 0.25) is 11.5 Å². The van der Waals surface area contributed by atoms with Crippen molar-refractivity contribution >= 4 is 28.4 Å². The van der Waals surface area contributed by atoms with Gasteiger partial charge in [-0.05, 0) is 57.6 Å². The number of nitrogens with two attached hydrogens (primary N) is 1. The average molecular weight is 423 g/mol. The number of aromatic nitrogens is 3. The van der Waals surface area contributed by atoms with Gasteiger partial charge in [-0.1, -0.05) is 11.1 Å². The SMILES string of the molecule is Cc1cccn2c(=O)c3cc(C(=O)NC[C@H]4CCCO4)c(N)[n+](C4CCCC4)c3nc12. The lowest BCUT2D eigenvalue weighted by molar-refractivity contribution is -0.685. The van der Waals surface area contributed by atoms with E-state index in [0.29, 0.717) is 34.6 Å². The largest absolute Gasteiger partial charge is 0.376 e. The lowest BCUT2D eigenvalue weighted by atomic mass is 10.1. The van der Waals surface area contributed by atoms with Gasteiger partial charge in [0.1, 0.15) is 10.9 Å². The molecule has 5 rings (SSSR count). The molecule has 0 aromatic carbocycles. The molecule has 31 heavy (non-hydrogen) atoms. The molecule has 1 aliphatic heterocycles. The van der Waals surface area contributed by atoms with Crippen molar-refractivity contribution in [2.24, 2.45) is 0 Å². The second kappa shape index (κ2) is 7.92. The van der Waals surface area contributed by atoms with Crippen LogP contribution in [0.5, 0.6) is 0 Å². The number of ether oxygens (including phenoxy) is 1. The summed E-state index contributed by atoms with van der Waals surface area (Å²) in [5, 5.41) is 3.35. The summed E-state index contributed by atoms with van der Waals surface area (Å²) < 4.78 is 9.08. The molecule has 3 aromatic heterocycles. The van der Waals surface area contributed by atoms with E-state index in [0.717, 1.165) is 50.7 Å². The van der Waals surface area contributed by atoms with Crippen molar-refractivity contribution in [1.82, 2.24) is 14.7 Å². The predicted molar refractivity (Wildman–Crippen MR) is 117 cm³/mol. The minimum absolute atomic E-state index is 0.0341. The molecule has 0 radical (unpaired) electrons. The molecule has 1 saturated heterocycles. The highest BCUT2D eigenvalue weighted by atomic mass is 16.5. The van der Waals surface area contributed by atoms with E-state index in [1.54, 1.807) is 16.7 Å². The smallest absolute Gasteiger partial charge is 0.278 e. The van der Waals surface area contributed by atoms with Crippen molar-refractivity contribution in [2.75, 3.05) is 18.9 Å². The van der Waals surface area contributed by atoms with Gasteiger partial charge in [-0.3, -0.25) is 14.0 Å². The standard InChI is InChI=1S/C23H27N5O3/c1-14-6-4-10-27-20(14)26-21-18(23(27)30)12-17(19(24)28(21)15-7-2-3-8-15)22(29)25-13-16-9-5-11-31-16/h4,6,10,12,15-16,24H,2-3,5,7-9,11,13H2,1H3,(H,25,29)/p+1/t16-/m1/s1. The lowest BCUT2D eigenvalue weighted by Gasteiger charge is -2.17. The van der Waals surface area contributed by atoms with Crippen molar-refractivity contribution in [3.63, 3.8) is 0 Å². The van der Waals surface area contributed by atoms with Gasteiger partial charge in [0.05, 0.1) is 12.1 Å². The number of amides is 1. The van der Waals surface area contributed by atoms with Crippen molar-refractivity contribution < 1.29 is 14.1 Å². The molecule has 3 N–H and O–H groups in total. The molecule has 2 aliphatic rings. The number of anilines is 1. The van der Waals surface area contributed by atoms with Gasteiger partial charge < -0.3 is 15.8 Å². The molecule has 3 aromatic rings. The Morgan fingerprint density at radius 3 is 2.87 bits per heavy atom. The van der Waals surface area contributed by atoms with E-state index < -0.39 is 0 Å². The molecule has 8 nitrogen and oxygen atoms in total. The fraction of sp³-hybridized carbons (Fsp3) is 0.478. The molecular weight excluding hydrogens is 394 g/mol. The van der Waals surface area contributed by atoms with Crippen LogP contribution in [0.25, 0.3) is 16.7 Å². The minimum atomic E-state index is -0.282. The number of carbonyl (C=O) groups is 1. The van der Waals surface area contributed by atoms with Gasteiger partial charge in [-0.25, -0.2) is 4.57 Å². The summed E-state index contributed by atoms with van der Waals surface area (Å²) in [6.07, 6.45) is 7.80. The van der Waals surface area contributed by atoms with Crippen molar-refractivity contribution in [2.45, 2.75) is 57.6 Å². The summed E-state index contributed by atoms with van der Waals surface area (Å²) in [5.41, 5.74) is 8.78. The fourth-order valence-corrected chi connectivity index (χ4v) is 4.89. The van der Waals surface area contributed by atoms with Crippen LogP contribution in [-0.2, 0) is 4.74 Å². The van der Waals surface area contributed by atoms with Crippen molar-refractivity contribution in [3.05, 3.63) is 45.9 Å². The highest BCUT2D eigenvalue weighted by Crippen LogP contribution is 2.28. The number of aryl methyl sites for hydroxylation is 1. The fourth-order valence-electron chi connectivity index (χ4n) is 4.89. The van der Waals surface area contributed by atoms with E-state index in [1.165, 1.54) is 0 Å². The molecule has 0 bridgehead atoms. The second-order valence-corrected chi connectivity index (χ2v) is 8.64. The van der Waals surface area contributed by atoms with Gasteiger partial charge >= 0.3 is 0 Å². The Kier molecular flexibility index (Phi) is 5.09. The van der Waals surface area contributed by atoms with Gasteiger partial charge in [0, 0.05) is 24.9 Å². The maximum atomic E-state index is 13.4. The van der Waals surface area contributed by atoms with Crippen LogP contribution in [0.1, 0.15) is 60.5 Å². The van der Waals surface area contributed by atoms with Crippen molar-refractivity contribution in [3.8, 4) is 0 Å². The molecule has 4 heterocycles. The third kappa shape index (κ3) is 3.44. The molecule has 162 valence electrons. The van der Waals surface area contributed by atoms with E-state index in [1.807, 2.05) is 23.6 Å². The Hall–Kier alpha value is -3.00. The maximum absolute atomic E-state index is 13.4. The Morgan fingerprint density at radius 1 is 1.32 bits per heavy atom. The molecule has 1 saturated carbocycles. The van der Waals surface area contributed by atoms with Crippen LogP contribution in [0.4, 0.5) is 5.82 Å². The van der Waals surface area contributed by atoms with E-state index >= 15 is 0 Å².